The Morgan fingerprint density at radius 1 is 1.03 bits per heavy atom. The molecule has 1 aromatic carbocycles. The van der Waals surface area contributed by atoms with E-state index in [9.17, 15) is 9.59 Å². The summed E-state index contributed by atoms with van der Waals surface area (Å²) in [4.78, 5) is 33.2. The van der Waals surface area contributed by atoms with E-state index < -0.39 is 0 Å². The summed E-state index contributed by atoms with van der Waals surface area (Å²) in [5, 5.41) is 8.40. The Labute approximate surface area is 181 Å². The molecule has 0 atom stereocenters. The molecule has 0 bridgehead atoms. The van der Waals surface area contributed by atoms with Crippen LogP contribution in [0.2, 0.25) is 10.2 Å². The van der Waals surface area contributed by atoms with E-state index in [0.29, 0.717) is 46.4 Å². The van der Waals surface area contributed by atoms with E-state index in [1.807, 2.05) is 12.1 Å². The van der Waals surface area contributed by atoms with Crippen molar-refractivity contribution >= 4 is 40.1 Å². The van der Waals surface area contributed by atoms with Gasteiger partial charge in [0, 0.05) is 17.8 Å². The zero-order chi connectivity index (χ0) is 21.1. The van der Waals surface area contributed by atoms with Crippen LogP contribution in [0.3, 0.4) is 0 Å². The van der Waals surface area contributed by atoms with Crippen LogP contribution in [-0.2, 0) is 13.1 Å². The average Bonchev–Trinajstić information content (AvgIpc) is 3.16. The molecule has 8 nitrogen and oxygen atoms in total. The van der Waals surface area contributed by atoms with Crippen LogP contribution in [0.1, 0.15) is 15.9 Å². The molecule has 0 aliphatic heterocycles. The number of rotatable bonds is 6. The largest absolute Gasteiger partial charge is 0.350 e. The number of carbonyl (C=O) groups excluding carboxylic acids is 1. The van der Waals surface area contributed by atoms with Crippen LogP contribution in [0, 0.1) is 0 Å². The van der Waals surface area contributed by atoms with E-state index in [0.717, 1.165) is 5.56 Å². The van der Waals surface area contributed by atoms with Crippen molar-refractivity contribution in [1.29, 1.82) is 0 Å². The van der Waals surface area contributed by atoms with Crippen molar-refractivity contribution in [2.45, 2.75) is 13.1 Å². The summed E-state index contributed by atoms with van der Waals surface area (Å²) >= 11 is 11.6. The van der Waals surface area contributed by atoms with Gasteiger partial charge in [-0.05, 0) is 29.8 Å². The summed E-state index contributed by atoms with van der Waals surface area (Å²) in [5.74, 6) is -0.270. The molecule has 0 saturated heterocycles. The number of nitrogens with one attached hydrogen (secondary N) is 1. The van der Waals surface area contributed by atoms with Crippen LogP contribution in [0.5, 0.6) is 0 Å². The van der Waals surface area contributed by atoms with E-state index in [1.54, 1.807) is 28.9 Å². The number of carbonyl (C=O) groups is 1. The predicted octanol–water partition coefficient (Wildman–Crippen LogP) is 2.77. The Bertz CT molecular complexity index is 1250. The number of nitrogens with zero attached hydrogens (tertiary/aromatic N) is 5. The summed E-state index contributed by atoms with van der Waals surface area (Å²) in [6.45, 7) is 1.06. The number of fused-ring (bicyclic) bond motifs is 1. The van der Waals surface area contributed by atoms with Crippen molar-refractivity contribution in [2.75, 3.05) is 6.54 Å². The maximum Gasteiger partial charge on any atom is 0.264 e. The third kappa shape index (κ3) is 4.34. The zero-order valence-corrected chi connectivity index (χ0v) is 17.1. The van der Waals surface area contributed by atoms with E-state index >= 15 is 0 Å². The Morgan fingerprint density at radius 2 is 1.83 bits per heavy atom. The van der Waals surface area contributed by atoms with Crippen LogP contribution in [0.25, 0.3) is 11.0 Å². The number of pyridine rings is 1. The van der Waals surface area contributed by atoms with Gasteiger partial charge in [-0.1, -0.05) is 35.3 Å². The van der Waals surface area contributed by atoms with Gasteiger partial charge in [0.05, 0.1) is 24.8 Å². The molecule has 1 N–H and O–H groups in total. The van der Waals surface area contributed by atoms with Gasteiger partial charge in [0.25, 0.3) is 11.5 Å². The van der Waals surface area contributed by atoms with Crippen molar-refractivity contribution in [1.82, 2.24) is 29.6 Å². The molecule has 4 rings (SSSR count). The first-order chi connectivity index (χ1) is 14.5. The number of aromatic nitrogens is 5. The highest BCUT2D eigenvalue weighted by Gasteiger charge is 2.11. The van der Waals surface area contributed by atoms with E-state index in [-0.39, 0.29) is 11.5 Å². The molecule has 152 valence electrons. The van der Waals surface area contributed by atoms with Crippen LogP contribution in [-0.4, -0.2) is 36.8 Å². The average molecular weight is 443 g/mol. The first-order valence-corrected chi connectivity index (χ1v) is 9.82. The molecule has 3 aromatic heterocycles. The minimum absolute atomic E-state index is 0.183. The van der Waals surface area contributed by atoms with Gasteiger partial charge in [-0.25, -0.2) is 14.6 Å². The maximum absolute atomic E-state index is 12.8. The fourth-order valence-electron chi connectivity index (χ4n) is 2.95. The molecular weight excluding hydrogens is 427 g/mol. The smallest absolute Gasteiger partial charge is 0.264 e. The Hall–Kier alpha value is -3.23. The highest BCUT2D eigenvalue weighted by molar-refractivity contribution is 6.30. The van der Waals surface area contributed by atoms with E-state index in [1.165, 1.54) is 23.3 Å². The molecule has 0 aliphatic carbocycles. The van der Waals surface area contributed by atoms with Gasteiger partial charge in [-0.2, -0.15) is 5.10 Å². The first-order valence-electron chi connectivity index (χ1n) is 9.06. The molecule has 0 saturated carbocycles. The minimum atomic E-state index is -0.270. The van der Waals surface area contributed by atoms with Crippen LogP contribution >= 0.6 is 23.2 Å². The molecule has 4 aromatic rings. The second-order valence-electron chi connectivity index (χ2n) is 6.53. The van der Waals surface area contributed by atoms with E-state index in [2.05, 4.69) is 20.4 Å². The monoisotopic (exact) mass is 442 g/mol. The molecule has 0 aliphatic rings. The van der Waals surface area contributed by atoms with Crippen molar-refractivity contribution in [3.05, 3.63) is 86.8 Å². The lowest BCUT2D eigenvalue weighted by Gasteiger charge is -2.08. The standard InChI is InChI=1S/C20H16Cl2N6O2/c21-15-4-1-13(2-5-15)11-27-12-25-18-16(20(27)30)10-26-28(18)8-7-23-19(29)14-3-6-17(22)24-9-14/h1-6,9-10,12H,7-8,11H2,(H,23,29). The van der Waals surface area contributed by atoms with E-state index in [4.69, 9.17) is 23.2 Å². The second-order valence-corrected chi connectivity index (χ2v) is 7.36. The van der Waals surface area contributed by atoms with Crippen molar-refractivity contribution in [3.63, 3.8) is 0 Å². The summed E-state index contributed by atoms with van der Waals surface area (Å²) in [6.07, 6.45) is 4.40. The van der Waals surface area contributed by atoms with Gasteiger partial charge in [-0.3, -0.25) is 14.2 Å². The number of benzene rings is 1. The second kappa shape index (κ2) is 8.64. The normalized spacial score (nSPS) is 11.0. The Morgan fingerprint density at radius 3 is 2.57 bits per heavy atom. The molecule has 0 unspecified atom stereocenters. The zero-order valence-electron chi connectivity index (χ0n) is 15.6. The van der Waals surface area contributed by atoms with Crippen LogP contribution in [0.15, 0.2) is 59.9 Å². The molecule has 0 radical (unpaired) electrons. The number of hydrogen-bond donors (Lipinski definition) is 1. The highest BCUT2D eigenvalue weighted by Crippen LogP contribution is 2.11. The summed E-state index contributed by atoms with van der Waals surface area (Å²) in [7, 11) is 0. The Balaban J connectivity index is 1.45. The van der Waals surface area contributed by atoms with Gasteiger partial charge >= 0.3 is 0 Å². The quantitative estimate of drug-likeness (QED) is 0.463. The van der Waals surface area contributed by atoms with Gasteiger partial charge < -0.3 is 5.32 Å². The van der Waals surface area contributed by atoms with Crippen molar-refractivity contribution < 1.29 is 4.79 Å². The molecular formula is C20H16Cl2N6O2. The molecule has 1 amide bonds. The third-order valence-corrected chi connectivity index (χ3v) is 4.96. The summed E-state index contributed by atoms with van der Waals surface area (Å²) < 4.78 is 3.11. The summed E-state index contributed by atoms with van der Waals surface area (Å²) in [5.41, 5.74) is 1.63. The van der Waals surface area contributed by atoms with Gasteiger partial charge in [0.2, 0.25) is 0 Å². The minimum Gasteiger partial charge on any atom is -0.350 e. The lowest BCUT2D eigenvalue weighted by Crippen LogP contribution is -2.28. The van der Waals surface area contributed by atoms with Crippen LogP contribution < -0.4 is 10.9 Å². The Kier molecular flexibility index (Phi) is 5.78. The lowest BCUT2D eigenvalue weighted by atomic mass is 10.2. The summed E-state index contributed by atoms with van der Waals surface area (Å²) in [6, 6.07) is 10.4. The number of hydrogen-bond acceptors (Lipinski definition) is 5. The first kappa shape index (κ1) is 20.1. The SMILES string of the molecule is O=C(NCCn1ncc2c(=O)n(Cc3ccc(Cl)cc3)cnc21)c1ccc(Cl)nc1. The van der Waals surface area contributed by atoms with Gasteiger partial charge in [-0.15, -0.1) is 0 Å². The van der Waals surface area contributed by atoms with Crippen molar-refractivity contribution in [2.24, 2.45) is 0 Å². The fraction of sp³-hybridized carbons (Fsp3) is 0.150. The number of amides is 1. The predicted molar refractivity (Wildman–Crippen MR) is 114 cm³/mol. The topological polar surface area (TPSA) is 94.7 Å². The highest BCUT2D eigenvalue weighted by atomic mass is 35.5. The van der Waals surface area contributed by atoms with Crippen molar-refractivity contribution in [3.8, 4) is 0 Å². The molecule has 0 fully saturated rings. The maximum atomic E-state index is 12.8. The van der Waals surface area contributed by atoms with Gasteiger partial charge in [0.1, 0.15) is 16.9 Å². The van der Waals surface area contributed by atoms with Crippen LogP contribution in [0.4, 0.5) is 0 Å². The molecule has 10 heteroatoms. The molecule has 3 heterocycles. The molecule has 30 heavy (non-hydrogen) atoms. The van der Waals surface area contributed by atoms with Gasteiger partial charge in [0.15, 0.2) is 5.65 Å². The lowest BCUT2D eigenvalue weighted by molar-refractivity contribution is 0.0951. The number of halogens is 2. The third-order valence-electron chi connectivity index (χ3n) is 4.49. The fourth-order valence-corrected chi connectivity index (χ4v) is 3.19. The molecule has 0 spiro atoms.